The Morgan fingerprint density at radius 1 is 0.868 bits per heavy atom. The molecule has 0 atom stereocenters. The lowest BCUT2D eigenvalue weighted by atomic mass is 9.95. The number of carbonyl (C=O) groups excluding carboxylic acids is 2. The summed E-state index contributed by atoms with van der Waals surface area (Å²) >= 11 is 0. The van der Waals surface area contributed by atoms with E-state index in [1.54, 1.807) is 4.90 Å². The number of esters is 1. The second-order valence-electron chi connectivity index (χ2n) is 10.3. The molecule has 0 saturated carbocycles. The first-order valence-electron chi connectivity index (χ1n) is 13.3. The van der Waals surface area contributed by atoms with Gasteiger partial charge in [-0.3, -0.25) is 19.6 Å². The molecule has 2 aliphatic rings. The number of amides is 1. The van der Waals surface area contributed by atoms with Crippen LogP contribution in [0.3, 0.4) is 0 Å². The van der Waals surface area contributed by atoms with E-state index >= 15 is 0 Å². The number of nitrogens with zero attached hydrogens (tertiary/aromatic N) is 3. The summed E-state index contributed by atoms with van der Waals surface area (Å²) in [5, 5.41) is 0.764. The smallest absolute Gasteiger partial charge is 0.339 e. The zero-order chi connectivity index (χ0) is 26.2. The van der Waals surface area contributed by atoms with Crippen LogP contribution in [0.1, 0.15) is 46.6 Å². The quantitative estimate of drug-likeness (QED) is 0.337. The SMILES string of the molecule is CC(C)N1CCc2nc3ccccc3c(C(=O)OCC(=O)N3c4ccccc4CCc4ccccc43)c2C1. The maximum absolute atomic E-state index is 13.7. The van der Waals surface area contributed by atoms with Gasteiger partial charge in [-0.05, 0) is 56.0 Å². The first-order chi connectivity index (χ1) is 18.5. The van der Waals surface area contributed by atoms with Crippen molar-refractivity contribution in [1.82, 2.24) is 9.88 Å². The predicted molar refractivity (Wildman–Crippen MR) is 149 cm³/mol. The molecule has 38 heavy (non-hydrogen) atoms. The lowest BCUT2D eigenvalue weighted by molar-refractivity contribution is -0.120. The number of anilines is 2. The molecule has 3 heterocycles. The molecule has 3 aromatic carbocycles. The molecule has 0 N–H and O–H groups in total. The number of benzene rings is 3. The van der Waals surface area contributed by atoms with Gasteiger partial charge in [0.1, 0.15) is 0 Å². The van der Waals surface area contributed by atoms with E-state index in [1.807, 2.05) is 60.7 Å². The highest BCUT2D eigenvalue weighted by Gasteiger charge is 2.30. The van der Waals surface area contributed by atoms with Gasteiger partial charge in [0.2, 0.25) is 0 Å². The van der Waals surface area contributed by atoms with Crippen molar-refractivity contribution in [2.45, 2.75) is 45.7 Å². The highest BCUT2D eigenvalue weighted by atomic mass is 16.5. The van der Waals surface area contributed by atoms with Crippen LogP contribution < -0.4 is 4.90 Å². The van der Waals surface area contributed by atoms with Gasteiger partial charge in [-0.1, -0.05) is 54.6 Å². The summed E-state index contributed by atoms with van der Waals surface area (Å²) in [5.74, 6) is -0.744. The number of para-hydroxylation sites is 3. The maximum Gasteiger partial charge on any atom is 0.339 e. The Bertz CT molecular complexity index is 1500. The van der Waals surface area contributed by atoms with Crippen LogP contribution in [0.2, 0.25) is 0 Å². The van der Waals surface area contributed by atoms with Gasteiger partial charge in [-0.15, -0.1) is 0 Å². The fraction of sp³-hybridized carbons (Fsp3) is 0.281. The van der Waals surface area contributed by atoms with Gasteiger partial charge in [0.05, 0.1) is 22.5 Å². The second-order valence-corrected chi connectivity index (χ2v) is 10.3. The van der Waals surface area contributed by atoms with E-state index in [1.165, 1.54) is 0 Å². The molecule has 6 rings (SSSR count). The minimum atomic E-state index is -0.477. The monoisotopic (exact) mass is 505 g/mol. The lowest BCUT2D eigenvalue weighted by Crippen LogP contribution is -2.37. The Hall–Kier alpha value is -4.03. The molecule has 1 amide bonds. The van der Waals surface area contributed by atoms with Gasteiger partial charge < -0.3 is 4.74 Å². The van der Waals surface area contributed by atoms with Crippen LogP contribution in [-0.4, -0.2) is 41.0 Å². The largest absolute Gasteiger partial charge is 0.452 e. The molecule has 4 aromatic rings. The Morgan fingerprint density at radius 3 is 2.18 bits per heavy atom. The molecule has 0 unspecified atom stereocenters. The molecule has 0 fully saturated rings. The summed E-state index contributed by atoms with van der Waals surface area (Å²) in [5.41, 5.74) is 7.05. The normalized spacial score (nSPS) is 15.0. The third-order valence-corrected chi connectivity index (χ3v) is 7.72. The van der Waals surface area contributed by atoms with Crippen LogP contribution in [0.25, 0.3) is 10.9 Å². The third-order valence-electron chi connectivity index (χ3n) is 7.72. The number of aryl methyl sites for hydroxylation is 2. The molecule has 0 aliphatic carbocycles. The van der Waals surface area contributed by atoms with Gasteiger partial charge >= 0.3 is 5.97 Å². The highest BCUT2D eigenvalue weighted by molar-refractivity contribution is 6.07. The molecule has 0 bridgehead atoms. The third kappa shape index (κ3) is 4.35. The van der Waals surface area contributed by atoms with E-state index in [2.05, 4.69) is 30.9 Å². The number of rotatable bonds is 4. The number of hydrogen-bond acceptors (Lipinski definition) is 5. The molecule has 0 spiro atoms. The van der Waals surface area contributed by atoms with E-state index in [-0.39, 0.29) is 12.5 Å². The highest BCUT2D eigenvalue weighted by Crippen LogP contribution is 2.36. The summed E-state index contributed by atoms with van der Waals surface area (Å²) in [4.78, 5) is 36.4. The lowest BCUT2D eigenvalue weighted by Gasteiger charge is -2.32. The van der Waals surface area contributed by atoms with Crippen molar-refractivity contribution in [2.24, 2.45) is 0 Å². The van der Waals surface area contributed by atoms with Crippen molar-refractivity contribution < 1.29 is 14.3 Å². The summed E-state index contributed by atoms with van der Waals surface area (Å²) in [6.07, 6.45) is 2.47. The maximum atomic E-state index is 13.7. The molecule has 1 aromatic heterocycles. The van der Waals surface area contributed by atoms with Crippen LogP contribution in [0, 0.1) is 0 Å². The number of aromatic nitrogens is 1. The van der Waals surface area contributed by atoms with Crippen molar-refractivity contribution in [3.8, 4) is 0 Å². The van der Waals surface area contributed by atoms with E-state index in [0.29, 0.717) is 18.2 Å². The Kier molecular flexibility index (Phi) is 6.42. The number of carbonyl (C=O) groups is 2. The topological polar surface area (TPSA) is 62.7 Å². The van der Waals surface area contributed by atoms with Gasteiger partial charge in [-0.2, -0.15) is 0 Å². The molecule has 192 valence electrons. The van der Waals surface area contributed by atoms with Crippen molar-refractivity contribution >= 4 is 34.2 Å². The van der Waals surface area contributed by atoms with Crippen molar-refractivity contribution in [3.05, 3.63) is 101 Å². The fourth-order valence-electron chi connectivity index (χ4n) is 5.70. The Morgan fingerprint density at radius 2 is 1.50 bits per heavy atom. The van der Waals surface area contributed by atoms with Crippen LogP contribution >= 0.6 is 0 Å². The minimum absolute atomic E-state index is 0.267. The van der Waals surface area contributed by atoms with Crippen LogP contribution in [0.5, 0.6) is 0 Å². The Labute approximate surface area is 222 Å². The molecule has 0 saturated heterocycles. The minimum Gasteiger partial charge on any atom is -0.452 e. The Balaban J connectivity index is 1.33. The van der Waals surface area contributed by atoms with Gasteiger partial charge in [-0.25, -0.2) is 4.79 Å². The average Bonchev–Trinajstić information content (AvgIpc) is 3.11. The fourth-order valence-corrected chi connectivity index (χ4v) is 5.70. The molecular weight excluding hydrogens is 474 g/mol. The van der Waals surface area contributed by atoms with Crippen molar-refractivity contribution in [2.75, 3.05) is 18.1 Å². The van der Waals surface area contributed by atoms with Crippen LogP contribution in [-0.2, 0) is 35.3 Å². The van der Waals surface area contributed by atoms with Crippen LogP contribution in [0.15, 0.2) is 72.8 Å². The summed E-state index contributed by atoms with van der Waals surface area (Å²) in [6.45, 7) is 5.51. The predicted octanol–water partition coefficient (Wildman–Crippen LogP) is 5.62. The standard InChI is InChI=1S/C32H31N3O3/c1-21(2)34-18-17-27-25(19-34)31(24-11-5-6-12-26(24)33-27)32(37)38-20-30(36)35-28-13-7-3-9-22(28)15-16-23-10-4-8-14-29(23)35/h3-14,21H,15-20H2,1-2H3. The summed E-state index contributed by atoms with van der Waals surface area (Å²) in [7, 11) is 0. The average molecular weight is 506 g/mol. The van der Waals surface area contributed by atoms with E-state index in [4.69, 9.17) is 9.72 Å². The summed E-state index contributed by atoms with van der Waals surface area (Å²) < 4.78 is 5.81. The molecular formula is C32H31N3O3. The summed E-state index contributed by atoms with van der Waals surface area (Å²) in [6, 6.07) is 23.9. The van der Waals surface area contributed by atoms with Gasteiger partial charge in [0.15, 0.2) is 6.61 Å². The van der Waals surface area contributed by atoms with E-state index in [9.17, 15) is 9.59 Å². The van der Waals surface area contributed by atoms with Gasteiger partial charge in [0.25, 0.3) is 5.91 Å². The second kappa shape index (κ2) is 10.0. The van der Waals surface area contributed by atoms with Gasteiger partial charge in [0, 0.05) is 42.2 Å². The molecule has 0 radical (unpaired) electrons. The van der Waals surface area contributed by atoms with E-state index < -0.39 is 5.97 Å². The molecule has 6 heteroatoms. The number of pyridine rings is 1. The zero-order valence-corrected chi connectivity index (χ0v) is 21.8. The first-order valence-corrected chi connectivity index (χ1v) is 13.3. The van der Waals surface area contributed by atoms with Crippen molar-refractivity contribution in [1.29, 1.82) is 0 Å². The zero-order valence-electron chi connectivity index (χ0n) is 21.8. The van der Waals surface area contributed by atoms with Crippen molar-refractivity contribution in [3.63, 3.8) is 0 Å². The van der Waals surface area contributed by atoms with E-state index in [0.717, 1.165) is 70.5 Å². The van der Waals surface area contributed by atoms with Crippen LogP contribution in [0.4, 0.5) is 11.4 Å². The number of ether oxygens (including phenoxy) is 1. The molecule has 6 nitrogen and oxygen atoms in total. The molecule has 2 aliphatic heterocycles. The number of fused-ring (bicyclic) bond motifs is 4. The first kappa shape index (κ1) is 24.3. The number of hydrogen-bond donors (Lipinski definition) is 0.